The predicted octanol–water partition coefficient (Wildman–Crippen LogP) is 5.14. The zero-order chi connectivity index (χ0) is 21.9. The van der Waals surface area contributed by atoms with Crippen LogP contribution >= 0.6 is 0 Å². The number of hydrogen-bond acceptors (Lipinski definition) is 4. The third kappa shape index (κ3) is 5.14. The van der Waals surface area contributed by atoms with Gasteiger partial charge in [-0.1, -0.05) is 18.2 Å². The van der Waals surface area contributed by atoms with Crippen LogP contribution in [-0.4, -0.2) is 15.9 Å². The van der Waals surface area contributed by atoms with E-state index in [1.54, 1.807) is 18.3 Å². The van der Waals surface area contributed by atoms with Gasteiger partial charge in [-0.25, -0.2) is 9.97 Å². The number of nitrogens with one attached hydrogen (secondary N) is 1. The molecule has 0 fully saturated rings. The maximum atomic E-state index is 12.7. The third-order valence-electron chi connectivity index (χ3n) is 4.43. The van der Waals surface area contributed by atoms with Gasteiger partial charge < -0.3 is 10.1 Å². The third-order valence-corrected chi connectivity index (χ3v) is 4.43. The van der Waals surface area contributed by atoms with Crippen LogP contribution in [0.1, 0.15) is 38.4 Å². The fourth-order valence-electron chi connectivity index (χ4n) is 2.74. The first-order chi connectivity index (χ1) is 14.1. The molecule has 0 saturated carbocycles. The molecule has 0 unspecified atom stereocenters. The van der Waals surface area contributed by atoms with Gasteiger partial charge in [-0.2, -0.15) is 13.2 Å². The van der Waals surface area contributed by atoms with Gasteiger partial charge in [0.2, 0.25) is 5.88 Å². The number of aryl methyl sites for hydroxylation is 3. The Morgan fingerprint density at radius 1 is 1.07 bits per heavy atom. The van der Waals surface area contributed by atoms with Gasteiger partial charge in [0, 0.05) is 18.8 Å². The number of rotatable bonds is 5. The van der Waals surface area contributed by atoms with Gasteiger partial charge in [0.05, 0.1) is 11.3 Å². The zero-order valence-corrected chi connectivity index (χ0v) is 16.7. The molecule has 0 bridgehead atoms. The average molecular weight is 415 g/mol. The van der Waals surface area contributed by atoms with Gasteiger partial charge in [-0.15, -0.1) is 0 Å². The highest BCUT2D eigenvalue weighted by atomic mass is 19.4. The molecule has 2 heterocycles. The normalized spacial score (nSPS) is 11.3. The van der Waals surface area contributed by atoms with E-state index in [0.29, 0.717) is 17.2 Å². The summed E-state index contributed by atoms with van der Waals surface area (Å²) in [6, 6.07) is 11.2. The molecule has 3 rings (SSSR count). The second kappa shape index (κ2) is 8.52. The second-order valence-electron chi connectivity index (χ2n) is 6.89. The smallest absolute Gasteiger partial charge is 0.433 e. The van der Waals surface area contributed by atoms with Crippen LogP contribution in [-0.2, 0) is 12.7 Å². The molecular formula is C22H20F3N3O2. The number of hydrogen-bond donors (Lipinski definition) is 1. The van der Waals surface area contributed by atoms with Crippen molar-refractivity contribution >= 4 is 5.91 Å². The molecule has 2 aromatic heterocycles. The lowest BCUT2D eigenvalue weighted by Crippen LogP contribution is -2.24. The van der Waals surface area contributed by atoms with E-state index in [1.807, 2.05) is 32.0 Å². The summed E-state index contributed by atoms with van der Waals surface area (Å²) in [5.74, 6) is 0.625. The first-order valence-corrected chi connectivity index (χ1v) is 9.16. The first-order valence-electron chi connectivity index (χ1n) is 9.16. The van der Waals surface area contributed by atoms with Crippen LogP contribution in [0.4, 0.5) is 13.2 Å². The van der Waals surface area contributed by atoms with Crippen LogP contribution in [0.2, 0.25) is 0 Å². The van der Waals surface area contributed by atoms with Gasteiger partial charge in [0.15, 0.2) is 0 Å². The zero-order valence-electron chi connectivity index (χ0n) is 16.7. The minimum absolute atomic E-state index is 0.0118. The minimum atomic E-state index is -4.55. The molecule has 8 heteroatoms. The Morgan fingerprint density at radius 2 is 1.83 bits per heavy atom. The summed E-state index contributed by atoms with van der Waals surface area (Å²) in [6.07, 6.45) is -2.98. The number of nitrogens with zero attached hydrogens (tertiary/aromatic N) is 2. The predicted molar refractivity (Wildman–Crippen MR) is 105 cm³/mol. The van der Waals surface area contributed by atoms with E-state index in [2.05, 4.69) is 15.3 Å². The Balaban J connectivity index is 1.62. The van der Waals surface area contributed by atoms with Crippen LogP contribution in [0.3, 0.4) is 0 Å². The lowest BCUT2D eigenvalue weighted by molar-refractivity contribution is -0.141. The maximum absolute atomic E-state index is 12.7. The van der Waals surface area contributed by atoms with E-state index in [4.69, 9.17) is 4.74 Å². The summed E-state index contributed by atoms with van der Waals surface area (Å²) >= 11 is 0. The molecule has 0 aliphatic rings. The van der Waals surface area contributed by atoms with Crippen molar-refractivity contribution in [3.63, 3.8) is 0 Å². The topological polar surface area (TPSA) is 64.1 Å². The van der Waals surface area contributed by atoms with E-state index < -0.39 is 17.8 Å². The highest BCUT2D eigenvalue weighted by Crippen LogP contribution is 2.28. The van der Waals surface area contributed by atoms with Crippen LogP contribution < -0.4 is 10.1 Å². The van der Waals surface area contributed by atoms with Crippen molar-refractivity contribution in [2.24, 2.45) is 0 Å². The molecule has 0 saturated heterocycles. The molecule has 1 aromatic carbocycles. The summed E-state index contributed by atoms with van der Waals surface area (Å²) in [7, 11) is 0. The molecular weight excluding hydrogens is 395 g/mol. The highest BCUT2D eigenvalue weighted by Gasteiger charge is 2.33. The van der Waals surface area contributed by atoms with Crippen molar-refractivity contribution in [3.05, 3.63) is 82.3 Å². The SMILES string of the molecule is Cc1ccc(C)c(Oc2ccc(CNC(=O)c3ccc(C(F)(F)F)nc3C)cn2)c1. The Kier molecular flexibility index (Phi) is 6.05. The molecule has 1 amide bonds. The van der Waals surface area contributed by atoms with Crippen molar-refractivity contribution in [3.8, 4) is 11.6 Å². The monoisotopic (exact) mass is 415 g/mol. The maximum Gasteiger partial charge on any atom is 0.433 e. The van der Waals surface area contributed by atoms with Crippen molar-refractivity contribution < 1.29 is 22.7 Å². The number of ether oxygens (including phenoxy) is 1. The number of carbonyl (C=O) groups excluding carboxylic acids is 1. The molecule has 30 heavy (non-hydrogen) atoms. The van der Waals surface area contributed by atoms with Gasteiger partial charge in [0.1, 0.15) is 11.4 Å². The molecule has 0 radical (unpaired) electrons. The Bertz CT molecular complexity index is 1060. The average Bonchev–Trinajstić information content (AvgIpc) is 2.69. The van der Waals surface area contributed by atoms with Gasteiger partial charge in [-0.3, -0.25) is 4.79 Å². The molecule has 0 atom stereocenters. The molecule has 1 N–H and O–H groups in total. The summed E-state index contributed by atoms with van der Waals surface area (Å²) < 4.78 is 43.9. The summed E-state index contributed by atoms with van der Waals surface area (Å²) in [4.78, 5) is 20.0. The number of carbonyl (C=O) groups is 1. The molecule has 0 aliphatic heterocycles. The molecule has 5 nitrogen and oxygen atoms in total. The molecule has 0 aliphatic carbocycles. The number of alkyl halides is 3. The Morgan fingerprint density at radius 3 is 2.47 bits per heavy atom. The standard InChI is InChI=1S/C22H20F3N3O2/c1-13-4-5-14(2)18(10-13)30-20-9-6-16(11-26-20)12-27-21(29)17-7-8-19(22(23,24)25)28-15(17)3/h4-11H,12H2,1-3H3,(H,27,29). The summed E-state index contributed by atoms with van der Waals surface area (Å²) in [5, 5.41) is 2.66. The van der Waals surface area contributed by atoms with Crippen molar-refractivity contribution in [1.82, 2.24) is 15.3 Å². The van der Waals surface area contributed by atoms with Gasteiger partial charge >= 0.3 is 6.18 Å². The van der Waals surface area contributed by atoms with Crippen LogP contribution in [0.25, 0.3) is 0 Å². The number of pyridine rings is 2. The van der Waals surface area contributed by atoms with E-state index in [-0.39, 0.29) is 17.8 Å². The Hall–Kier alpha value is -3.42. The number of benzene rings is 1. The van der Waals surface area contributed by atoms with Crippen LogP contribution in [0.15, 0.2) is 48.7 Å². The first kappa shape index (κ1) is 21.3. The lowest BCUT2D eigenvalue weighted by atomic mass is 10.1. The highest BCUT2D eigenvalue weighted by molar-refractivity contribution is 5.95. The molecule has 156 valence electrons. The van der Waals surface area contributed by atoms with Crippen LogP contribution in [0, 0.1) is 20.8 Å². The van der Waals surface area contributed by atoms with E-state index in [1.165, 1.54) is 6.92 Å². The van der Waals surface area contributed by atoms with Crippen molar-refractivity contribution in [1.29, 1.82) is 0 Å². The molecule has 3 aromatic rings. The van der Waals surface area contributed by atoms with E-state index in [0.717, 1.165) is 23.3 Å². The van der Waals surface area contributed by atoms with E-state index in [9.17, 15) is 18.0 Å². The van der Waals surface area contributed by atoms with Crippen molar-refractivity contribution in [2.45, 2.75) is 33.5 Å². The fourth-order valence-corrected chi connectivity index (χ4v) is 2.74. The van der Waals surface area contributed by atoms with Gasteiger partial charge in [-0.05, 0) is 55.7 Å². The summed E-state index contributed by atoms with van der Waals surface area (Å²) in [5.41, 5.74) is 1.85. The number of aromatic nitrogens is 2. The Labute approximate surface area is 171 Å². The lowest BCUT2D eigenvalue weighted by Gasteiger charge is -2.11. The largest absolute Gasteiger partial charge is 0.439 e. The number of halogens is 3. The summed E-state index contributed by atoms with van der Waals surface area (Å²) in [6.45, 7) is 5.44. The van der Waals surface area contributed by atoms with E-state index >= 15 is 0 Å². The molecule has 0 spiro atoms. The second-order valence-corrected chi connectivity index (χ2v) is 6.89. The quantitative estimate of drug-likeness (QED) is 0.627. The fraction of sp³-hybridized carbons (Fsp3) is 0.227. The number of amides is 1. The van der Waals surface area contributed by atoms with Gasteiger partial charge in [0.25, 0.3) is 5.91 Å². The van der Waals surface area contributed by atoms with Crippen molar-refractivity contribution in [2.75, 3.05) is 0 Å². The van der Waals surface area contributed by atoms with Crippen LogP contribution in [0.5, 0.6) is 11.6 Å². The minimum Gasteiger partial charge on any atom is -0.439 e.